The summed E-state index contributed by atoms with van der Waals surface area (Å²) in [6, 6.07) is -0.821. The second-order valence-corrected chi connectivity index (χ2v) is 15.9. The van der Waals surface area contributed by atoms with Crippen LogP contribution in [0, 0.1) is 0 Å². The predicted octanol–water partition coefficient (Wildman–Crippen LogP) is 13.7. The van der Waals surface area contributed by atoms with E-state index >= 15 is 0 Å². The van der Waals surface area contributed by atoms with E-state index in [1.54, 1.807) is 6.08 Å². The molecule has 0 aromatic carbocycles. The van der Waals surface area contributed by atoms with Gasteiger partial charge in [-0.3, -0.25) is 4.79 Å². The number of carbonyl (C=O) groups is 1. The molecule has 3 unspecified atom stereocenters. The third kappa shape index (κ3) is 38.6. The normalized spacial score (nSPS) is 13.9. The van der Waals surface area contributed by atoms with Crippen molar-refractivity contribution in [1.82, 2.24) is 5.32 Å². The number of unbranched alkanes of at least 4 members (excludes halogenated alkanes) is 28. The standard InChI is InChI=1S/C49H91NO4/c1-3-5-7-9-11-13-15-17-18-19-20-21-22-23-24-25-26-27-28-29-30-32-34-36-38-40-42-44-48(53)49(54)50-46(45-51)47(52)43-41-39-37-35-33-31-16-14-12-10-8-6-4-2/h12,14,23-24,33,35,41,43,46-48,51-53H,3-11,13,15-22,25-32,34,36-40,42,44-45H2,1-2H3,(H,50,54)/b14-12+,24-23-,35-33+,43-41+. The van der Waals surface area contributed by atoms with E-state index in [1.165, 1.54) is 167 Å². The topological polar surface area (TPSA) is 89.8 Å². The number of hydrogen-bond acceptors (Lipinski definition) is 4. The summed E-state index contributed by atoms with van der Waals surface area (Å²) in [5.41, 5.74) is 0. The monoisotopic (exact) mass is 758 g/mol. The second-order valence-electron chi connectivity index (χ2n) is 15.9. The molecular formula is C49H91NO4. The van der Waals surface area contributed by atoms with Crippen molar-refractivity contribution in [2.75, 3.05) is 6.61 Å². The minimum Gasteiger partial charge on any atom is -0.394 e. The number of hydrogen-bond donors (Lipinski definition) is 4. The maximum Gasteiger partial charge on any atom is 0.249 e. The predicted molar refractivity (Wildman–Crippen MR) is 236 cm³/mol. The lowest BCUT2D eigenvalue weighted by molar-refractivity contribution is -0.131. The molecule has 0 aromatic heterocycles. The lowest BCUT2D eigenvalue weighted by Crippen LogP contribution is -2.48. The Morgan fingerprint density at radius 3 is 1.17 bits per heavy atom. The van der Waals surface area contributed by atoms with Gasteiger partial charge < -0.3 is 20.6 Å². The van der Waals surface area contributed by atoms with Crippen molar-refractivity contribution in [3.8, 4) is 0 Å². The molecule has 0 saturated heterocycles. The van der Waals surface area contributed by atoms with Gasteiger partial charge in [0.1, 0.15) is 6.10 Å². The molecule has 5 heteroatoms. The Bertz CT molecular complexity index is 881. The molecule has 0 saturated carbocycles. The molecule has 4 N–H and O–H groups in total. The van der Waals surface area contributed by atoms with Crippen LogP contribution in [-0.2, 0) is 4.79 Å². The summed E-state index contributed by atoms with van der Waals surface area (Å²) in [6.45, 7) is 4.13. The molecule has 0 spiro atoms. The number of aliphatic hydroxyl groups is 3. The van der Waals surface area contributed by atoms with E-state index in [-0.39, 0.29) is 6.61 Å². The van der Waals surface area contributed by atoms with Gasteiger partial charge in [0.2, 0.25) is 5.91 Å². The van der Waals surface area contributed by atoms with Crippen LogP contribution in [0.3, 0.4) is 0 Å². The van der Waals surface area contributed by atoms with Gasteiger partial charge >= 0.3 is 0 Å². The van der Waals surface area contributed by atoms with Crippen molar-refractivity contribution < 1.29 is 20.1 Å². The number of amides is 1. The largest absolute Gasteiger partial charge is 0.394 e. The van der Waals surface area contributed by atoms with E-state index in [9.17, 15) is 20.1 Å². The number of rotatable bonds is 42. The van der Waals surface area contributed by atoms with Gasteiger partial charge in [-0.05, 0) is 70.6 Å². The van der Waals surface area contributed by atoms with Crippen molar-refractivity contribution >= 4 is 5.91 Å². The SMILES string of the molecule is CCCCC/C=C/CC/C=C/CC/C=C/C(O)C(CO)NC(=O)C(O)CCCCCCCCCCCCC/C=C\CCCCCCCCCCCCCC. The first-order valence-electron chi connectivity index (χ1n) is 23.5. The highest BCUT2D eigenvalue weighted by Crippen LogP contribution is 2.15. The number of carbonyl (C=O) groups excluding carboxylic acids is 1. The van der Waals surface area contributed by atoms with E-state index in [4.69, 9.17) is 0 Å². The van der Waals surface area contributed by atoms with Crippen LogP contribution < -0.4 is 5.32 Å². The van der Waals surface area contributed by atoms with Crippen LogP contribution in [0.15, 0.2) is 48.6 Å². The maximum absolute atomic E-state index is 12.5. The van der Waals surface area contributed by atoms with Crippen molar-refractivity contribution in [2.24, 2.45) is 0 Å². The Morgan fingerprint density at radius 2 is 0.759 bits per heavy atom. The fraction of sp³-hybridized carbons (Fsp3) is 0.816. The molecule has 0 aliphatic rings. The summed E-state index contributed by atoms with van der Waals surface area (Å²) in [6.07, 6.45) is 57.3. The Balaban J connectivity index is 3.62. The van der Waals surface area contributed by atoms with Gasteiger partial charge in [-0.1, -0.05) is 210 Å². The molecule has 0 aliphatic heterocycles. The van der Waals surface area contributed by atoms with Gasteiger partial charge in [0.05, 0.1) is 18.8 Å². The van der Waals surface area contributed by atoms with E-state index in [0.29, 0.717) is 6.42 Å². The van der Waals surface area contributed by atoms with Crippen LogP contribution in [0.2, 0.25) is 0 Å². The first kappa shape index (κ1) is 52.3. The summed E-state index contributed by atoms with van der Waals surface area (Å²) >= 11 is 0. The second kappa shape index (κ2) is 44.0. The summed E-state index contributed by atoms with van der Waals surface area (Å²) < 4.78 is 0. The van der Waals surface area contributed by atoms with Gasteiger partial charge in [0.15, 0.2) is 0 Å². The lowest BCUT2D eigenvalue weighted by atomic mass is 10.0. The summed E-state index contributed by atoms with van der Waals surface area (Å²) in [5.74, 6) is -0.519. The highest BCUT2D eigenvalue weighted by atomic mass is 16.3. The van der Waals surface area contributed by atoms with Gasteiger partial charge in [-0.15, -0.1) is 0 Å². The van der Waals surface area contributed by atoms with Crippen LogP contribution in [0.5, 0.6) is 0 Å². The molecule has 0 fully saturated rings. The average Bonchev–Trinajstić information content (AvgIpc) is 3.18. The van der Waals surface area contributed by atoms with Gasteiger partial charge in [0.25, 0.3) is 0 Å². The Morgan fingerprint density at radius 1 is 0.444 bits per heavy atom. The van der Waals surface area contributed by atoms with Gasteiger partial charge in [0, 0.05) is 0 Å². The summed E-state index contributed by atoms with van der Waals surface area (Å²) in [4.78, 5) is 12.5. The van der Waals surface area contributed by atoms with Crippen LogP contribution >= 0.6 is 0 Å². The first-order chi connectivity index (χ1) is 26.6. The molecule has 54 heavy (non-hydrogen) atoms. The van der Waals surface area contributed by atoms with Crippen LogP contribution in [0.4, 0.5) is 0 Å². The molecular weight excluding hydrogens is 667 g/mol. The van der Waals surface area contributed by atoms with E-state index in [0.717, 1.165) is 44.9 Å². The van der Waals surface area contributed by atoms with Crippen LogP contribution in [-0.4, -0.2) is 46.1 Å². The van der Waals surface area contributed by atoms with Crippen LogP contribution in [0.1, 0.15) is 232 Å². The third-order valence-corrected chi connectivity index (χ3v) is 10.6. The quantitative estimate of drug-likeness (QED) is 0.0369. The first-order valence-corrected chi connectivity index (χ1v) is 23.5. The van der Waals surface area contributed by atoms with Crippen molar-refractivity contribution in [2.45, 2.75) is 250 Å². The number of nitrogens with one attached hydrogen (secondary N) is 1. The third-order valence-electron chi connectivity index (χ3n) is 10.6. The minimum atomic E-state index is -1.11. The summed E-state index contributed by atoms with van der Waals surface area (Å²) in [7, 11) is 0. The van der Waals surface area contributed by atoms with E-state index in [1.807, 2.05) is 6.08 Å². The lowest BCUT2D eigenvalue weighted by Gasteiger charge is -2.21. The fourth-order valence-electron chi connectivity index (χ4n) is 6.92. The van der Waals surface area contributed by atoms with Crippen molar-refractivity contribution in [3.05, 3.63) is 48.6 Å². The van der Waals surface area contributed by atoms with Crippen LogP contribution in [0.25, 0.3) is 0 Å². The molecule has 0 aliphatic carbocycles. The zero-order valence-corrected chi connectivity index (χ0v) is 35.8. The van der Waals surface area contributed by atoms with Crippen molar-refractivity contribution in [3.63, 3.8) is 0 Å². The average molecular weight is 758 g/mol. The molecule has 1 amide bonds. The van der Waals surface area contributed by atoms with Crippen molar-refractivity contribution in [1.29, 1.82) is 0 Å². The van der Waals surface area contributed by atoms with E-state index < -0.39 is 24.2 Å². The minimum absolute atomic E-state index is 0.382. The maximum atomic E-state index is 12.5. The highest BCUT2D eigenvalue weighted by molar-refractivity contribution is 5.80. The fourth-order valence-corrected chi connectivity index (χ4v) is 6.92. The molecule has 5 nitrogen and oxygen atoms in total. The highest BCUT2D eigenvalue weighted by Gasteiger charge is 2.22. The van der Waals surface area contributed by atoms with Gasteiger partial charge in [-0.25, -0.2) is 0 Å². The number of allylic oxidation sites excluding steroid dienone is 7. The Hall–Kier alpha value is -1.69. The Kier molecular flexibility index (Phi) is 42.7. The number of aliphatic hydroxyl groups excluding tert-OH is 3. The molecule has 0 bridgehead atoms. The zero-order valence-electron chi connectivity index (χ0n) is 35.8. The molecule has 3 atom stereocenters. The molecule has 0 heterocycles. The molecule has 0 rings (SSSR count). The smallest absolute Gasteiger partial charge is 0.249 e. The molecule has 316 valence electrons. The Labute approximate surface area is 336 Å². The molecule has 0 radical (unpaired) electrons. The van der Waals surface area contributed by atoms with Gasteiger partial charge in [-0.2, -0.15) is 0 Å². The zero-order chi connectivity index (χ0) is 39.4. The van der Waals surface area contributed by atoms with E-state index in [2.05, 4.69) is 55.6 Å². The summed E-state index contributed by atoms with van der Waals surface area (Å²) in [5, 5.41) is 33.1. The molecule has 0 aromatic rings.